The summed E-state index contributed by atoms with van der Waals surface area (Å²) in [5, 5.41) is 3.66. The number of fused-ring (bicyclic) bond motifs is 1. The van der Waals surface area contributed by atoms with Crippen molar-refractivity contribution in [1.82, 2.24) is 15.0 Å². The summed E-state index contributed by atoms with van der Waals surface area (Å²) in [5.74, 6) is 0.317. The maximum atomic E-state index is 14.4. The number of anilines is 1. The third-order valence-electron chi connectivity index (χ3n) is 4.03. The molecule has 0 spiro atoms. The van der Waals surface area contributed by atoms with Gasteiger partial charge in [-0.1, -0.05) is 18.2 Å². The van der Waals surface area contributed by atoms with Gasteiger partial charge in [-0.2, -0.15) is 4.98 Å². The topological polar surface area (TPSA) is 59.9 Å². The van der Waals surface area contributed by atoms with Gasteiger partial charge < -0.3 is 10.1 Å². The molecule has 1 N–H and O–H groups in total. The largest absolute Gasteiger partial charge is 0.480 e. The summed E-state index contributed by atoms with van der Waals surface area (Å²) in [6.45, 7) is 3.37. The maximum absolute atomic E-state index is 14.4. The van der Waals surface area contributed by atoms with Gasteiger partial charge in [0.1, 0.15) is 17.5 Å². The number of nitrogens with one attached hydrogen (secondary N) is 1. The number of halogens is 4. The van der Waals surface area contributed by atoms with Crippen molar-refractivity contribution in [3.63, 3.8) is 0 Å². The summed E-state index contributed by atoms with van der Waals surface area (Å²) in [5.41, 5.74) is -0.101. The molecule has 0 fully saturated rings. The van der Waals surface area contributed by atoms with Gasteiger partial charge >= 0.3 is 0 Å². The zero-order chi connectivity index (χ0) is 19.7. The molecule has 1 atom stereocenters. The molecule has 0 radical (unpaired) electrons. The minimum atomic E-state index is -2.88. The molecule has 1 aromatic carbocycles. The van der Waals surface area contributed by atoms with Gasteiger partial charge in [0.15, 0.2) is 5.65 Å². The van der Waals surface area contributed by atoms with Gasteiger partial charge in [-0.3, -0.25) is 0 Å². The average molecular weight is 441 g/mol. The molecule has 0 aliphatic heterocycles. The van der Waals surface area contributed by atoms with Gasteiger partial charge in [0, 0.05) is 5.56 Å². The number of benzene rings is 1. The van der Waals surface area contributed by atoms with Crippen LogP contribution in [0.25, 0.3) is 11.0 Å². The number of nitrogens with zero attached hydrogens (tertiary/aromatic N) is 3. The number of aryl methyl sites for hydroxylation is 1. The number of ether oxygens (including phenoxy) is 1. The first-order chi connectivity index (χ1) is 12.8. The Labute approximate surface area is 162 Å². The van der Waals surface area contributed by atoms with Gasteiger partial charge in [-0.05, 0) is 35.8 Å². The molecular formula is C18H16BrF3N4O. The van der Waals surface area contributed by atoms with Crippen LogP contribution in [0.1, 0.15) is 36.3 Å². The van der Waals surface area contributed by atoms with Crippen molar-refractivity contribution in [3.05, 3.63) is 51.5 Å². The first kappa shape index (κ1) is 19.3. The van der Waals surface area contributed by atoms with Gasteiger partial charge in [-0.25, -0.2) is 23.1 Å². The number of hydrogen-bond acceptors (Lipinski definition) is 5. The number of rotatable bonds is 5. The maximum Gasteiger partial charge on any atom is 0.266 e. The van der Waals surface area contributed by atoms with Crippen LogP contribution in [0.2, 0.25) is 0 Å². The average Bonchev–Trinajstić information content (AvgIpc) is 2.61. The first-order valence-corrected chi connectivity index (χ1v) is 8.83. The van der Waals surface area contributed by atoms with Gasteiger partial charge in [0.25, 0.3) is 6.43 Å². The van der Waals surface area contributed by atoms with E-state index in [1.54, 1.807) is 19.9 Å². The molecule has 3 aromatic rings. The fourth-order valence-corrected chi connectivity index (χ4v) is 3.21. The number of pyridine rings is 1. The van der Waals surface area contributed by atoms with Gasteiger partial charge in [0.05, 0.1) is 28.6 Å². The minimum Gasteiger partial charge on any atom is -0.480 e. The van der Waals surface area contributed by atoms with E-state index in [4.69, 9.17) is 4.74 Å². The Kier molecular flexibility index (Phi) is 5.50. The summed E-state index contributed by atoms with van der Waals surface area (Å²) < 4.78 is 46.2. The second kappa shape index (κ2) is 7.67. The number of alkyl halides is 2. The van der Waals surface area contributed by atoms with E-state index in [0.717, 1.165) is 6.07 Å². The molecule has 27 heavy (non-hydrogen) atoms. The number of hydrogen-bond donors (Lipinski definition) is 1. The molecule has 0 aliphatic carbocycles. The van der Waals surface area contributed by atoms with Crippen molar-refractivity contribution in [2.75, 3.05) is 12.4 Å². The summed E-state index contributed by atoms with van der Waals surface area (Å²) in [4.78, 5) is 13.0. The molecule has 2 aromatic heterocycles. The zero-order valence-corrected chi connectivity index (χ0v) is 16.3. The molecule has 2 heterocycles. The lowest BCUT2D eigenvalue weighted by molar-refractivity contribution is 0.146. The molecule has 0 aliphatic rings. The molecule has 9 heteroatoms. The summed E-state index contributed by atoms with van der Waals surface area (Å²) in [7, 11) is 1.49. The molecule has 5 nitrogen and oxygen atoms in total. The van der Waals surface area contributed by atoms with E-state index >= 15 is 0 Å². The monoisotopic (exact) mass is 440 g/mol. The van der Waals surface area contributed by atoms with Crippen LogP contribution in [-0.2, 0) is 0 Å². The normalized spacial score (nSPS) is 12.4. The molecule has 142 valence electrons. The minimum absolute atomic E-state index is 0.123. The smallest absolute Gasteiger partial charge is 0.266 e. The van der Waals surface area contributed by atoms with E-state index in [1.807, 2.05) is 0 Å². The van der Waals surface area contributed by atoms with Crippen molar-refractivity contribution in [1.29, 1.82) is 0 Å². The second-order valence-corrected chi connectivity index (χ2v) is 6.74. The lowest BCUT2D eigenvalue weighted by Crippen LogP contribution is -2.12. The molecule has 0 amide bonds. The lowest BCUT2D eigenvalue weighted by Gasteiger charge is -2.18. The Morgan fingerprint density at radius 3 is 2.52 bits per heavy atom. The Balaban J connectivity index is 2.04. The molecule has 0 saturated carbocycles. The van der Waals surface area contributed by atoms with Crippen LogP contribution in [0.3, 0.4) is 0 Å². The van der Waals surface area contributed by atoms with E-state index in [0.29, 0.717) is 33.0 Å². The van der Waals surface area contributed by atoms with Crippen molar-refractivity contribution in [3.8, 4) is 5.88 Å². The highest BCUT2D eigenvalue weighted by molar-refractivity contribution is 9.10. The fraction of sp³-hybridized carbons (Fsp3) is 0.278. The predicted octanol–water partition coefficient (Wildman–Crippen LogP) is 5.35. The van der Waals surface area contributed by atoms with Crippen molar-refractivity contribution in [2.24, 2.45) is 0 Å². The highest BCUT2D eigenvalue weighted by Gasteiger charge is 2.21. The third-order valence-corrected chi connectivity index (χ3v) is 4.59. The summed E-state index contributed by atoms with van der Waals surface area (Å²) in [6.07, 6.45) is -2.88. The van der Waals surface area contributed by atoms with Crippen LogP contribution in [0.4, 0.5) is 19.0 Å². The summed E-state index contributed by atoms with van der Waals surface area (Å²) >= 11 is 3.36. The second-order valence-electron chi connectivity index (χ2n) is 5.89. The highest BCUT2D eigenvalue weighted by atomic mass is 79.9. The van der Waals surface area contributed by atoms with Crippen LogP contribution in [0.5, 0.6) is 5.88 Å². The standard InChI is InChI=1S/C18H16BrF3N4O/c1-8(10-5-4-6-11(14(10)20)15(21)22)23-16-12-7-13(19)18(27-3)26-17(12)25-9(2)24-16/h4-8,15H,1-3H3,(H,23,24,25,26)/t8-/m1/s1. The molecule has 0 saturated heterocycles. The molecule has 3 rings (SSSR count). The molecule has 0 bridgehead atoms. The van der Waals surface area contributed by atoms with Crippen molar-refractivity contribution < 1.29 is 17.9 Å². The van der Waals surface area contributed by atoms with E-state index in [1.165, 1.54) is 19.2 Å². The Bertz CT molecular complexity index is 1000. The lowest BCUT2D eigenvalue weighted by atomic mass is 10.0. The Morgan fingerprint density at radius 2 is 1.85 bits per heavy atom. The van der Waals surface area contributed by atoms with E-state index in [-0.39, 0.29) is 5.56 Å². The third kappa shape index (κ3) is 3.83. The van der Waals surface area contributed by atoms with Crippen molar-refractivity contribution in [2.45, 2.75) is 26.3 Å². The Morgan fingerprint density at radius 1 is 1.15 bits per heavy atom. The van der Waals surface area contributed by atoms with E-state index < -0.39 is 23.8 Å². The van der Waals surface area contributed by atoms with Crippen LogP contribution in [0, 0.1) is 12.7 Å². The molecular weight excluding hydrogens is 425 g/mol. The number of aromatic nitrogens is 3. The number of methoxy groups -OCH3 is 1. The summed E-state index contributed by atoms with van der Waals surface area (Å²) in [6, 6.07) is 5.08. The van der Waals surface area contributed by atoms with E-state index in [2.05, 4.69) is 36.2 Å². The fourth-order valence-electron chi connectivity index (χ4n) is 2.73. The van der Waals surface area contributed by atoms with Crippen LogP contribution < -0.4 is 10.1 Å². The van der Waals surface area contributed by atoms with Crippen molar-refractivity contribution >= 4 is 32.8 Å². The van der Waals surface area contributed by atoms with Gasteiger partial charge in [-0.15, -0.1) is 0 Å². The van der Waals surface area contributed by atoms with E-state index in [9.17, 15) is 13.2 Å². The predicted molar refractivity (Wildman–Crippen MR) is 99.7 cm³/mol. The first-order valence-electron chi connectivity index (χ1n) is 8.03. The van der Waals surface area contributed by atoms with Crippen LogP contribution in [0.15, 0.2) is 28.7 Å². The Hall–Kier alpha value is -2.42. The van der Waals surface area contributed by atoms with Crippen LogP contribution >= 0.6 is 15.9 Å². The highest BCUT2D eigenvalue weighted by Crippen LogP contribution is 2.32. The molecule has 0 unspecified atom stereocenters. The van der Waals surface area contributed by atoms with Crippen LogP contribution in [-0.4, -0.2) is 22.1 Å². The quantitative estimate of drug-likeness (QED) is 0.578. The SMILES string of the molecule is COc1nc2nc(C)nc(N[C@H](C)c3cccc(C(F)F)c3F)c2cc1Br. The zero-order valence-electron chi connectivity index (χ0n) is 14.7. The van der Waals surface area contributed by atoms with Gasteiger partial charge in [0.2, 0.25) is 5.88 Å².